The maximum Gasteiger partial charge on any atom is 0.173 e. The van der Waals surface area contributed by atoms with Crippen molar-refractivity contribution in [2.45, 2.75) is 11.5 Å². The topological polar surface area (TPSA) is 9.23 Å². The highest BCUT2D eigenvalue weighted by Crippen LogP contribution is 2.34. The normalized spacial score (nSPS) is 12.4. The molecule has 0 fully saturated rings. The fourth-order valence-electron chi connectivity index (χ4n) is 1.84. The lowest BCUT2D eigenvalue weighted by molar-refractivity contribution is 0.376. The molecule has 1 nitrogen and oxygen atoms in total. The molecule has 0 amide bonds. The van der Waals surface area contributed by atoms with Gasteiger partial charge in [-0.25, -0.2) is 0 Å². The molecule has 0 heterocycles. The van der Waals surface area contributed by atoms with Crippen LogP contribution in [0, 0.1) is 0 Å². The Labute approximate surface area is 196 Å². The van der Waals surface area contributed by atoms with Crippen LogP contribution in [0.2, 0.25) is 20.1 Å². The summed E-state index contributed by atoms with van der Waals surface area (Å²) in [5.74, 6) is 1.13. The lowest BCUT2D eigenvalue weighted by atomic mass is 10.2. The van der Waals surface area contributed by atoms with Gasteiger partial charge in [-0.2, -0.15) is 0 Å². The minimum Gasteiger partial charge on any atom is -0.442 e. The van der Waals surface area contributed by atoms with E-state index in [9.17, 15) is 0 Å². The van der Waals surface area contributed by atoms with Crippen LogP contribution in [-0.4, -0.2) is 0 Å². The van der Waals surface area contributed by atoms with E-state index >= 15 is 0 Å². The van der Waals surface area contributed by atoms with Gasteiger partial charge in [-0.05, 0) is 35.4 Å². The average molecular weight is 521 g/mol. The molecule has 9 heteroatoms. The van der Waals surface area contributed by atoms with Crippen molar-refractivity contribution in [1.82, 2.24) is 0 Å². The summed E-state index contributed by atoms with van der Waals surface area (Å²) in [6, 6.07) is 10.7. The largest absolute Gasteiger partial charge is 0.442 e. The zero-order valence-corrected chi connectivity index (χ0v) is 19.7. The first-order valence-electron chi connectivity index (χ1n) is 7.35. The second-order valence-electron chi connectivity index (χ2n) is 5.01. The molecule has 0 aromatic heterocycles. The number of rotatable bonds is 8. The van der Waals surface area contributed by atoms with Crippen LogP contribution in [-0.2, 0) is 16.2 Å². The smallest absolute Gasteiger partial charge is 0.173 e. The van der Waals surface area contributed by atoms with Crippen molar-refractivity contribution in [2.75, 3.05) is 0 Å². The number of hydrogen-bond acceptors (Lipinski definition) is 3. The molecule has 0 atom stereocenters. The Morgan fingerprint density at radius 3 is 1.48 bits per heavy atom. The van der Waals surface area contributed by atoms with Gasteiger partial charge < -0.3 is 4.74 Å². The molecule has 0 spiro atoms. The molecule has 0 N–H and O–H groups in total. The minimum absolute atomic E-state index is 0.490. The predicted octanol–water partition coefficient (Wildman–Crippen LogP) is 9.56. The molecule has 0 aliphatic carbocycles. The molecule has 0 aliphatic heterocycles. The lowest BCUT2D eigenvalue weighted by Gasteiger charge is -2.12. The van der Waals surface area contributed by atoms with E-state index in [0.29, 0.717) is 41.8 Å². The molecule has 0 aliphatic rings. The van der Waals surface area contributed by atoms with Gasteiger partial charge in [0.05, 0.1) is 11.1 Å². The number of thioether (sulfide) groups is 2. The highest BCUT2D eigenvalue weighted by molar-refractivity contribution is 8.03. The molecule has 144 valence electrons. The minimum atomic E-state index is 0.490. The first-order chi connectivity index (χ1) is 12.9. The Hall–Kier alpha value is 0.160. The summed E-state index contributed by atoms with van der Waals surface area (Å²) in [4.78, 5) is 0. The van der Waals surface area contributed by atoms with Crippen molar-refractivity contribution < 1.29 is 4.74 Å². The van der Waals surface area contributed by atoms with Gasteiger partial charge in [-0.1, -0.05) is 105 Å². The third-order valence-corrected chi connectivity index (χ3v) is 6.86. The van der Waals surface area contributed by atoms with E-state index in [-0.39, 0.29) is 0 Å². The Bertz CT molecular complexity index is 784. The molecular formula is C18H12Cl6OS2. The van der Waals surface area contributed by atoms with E-state index in [1.165, 1.54) is 34.6 Å². The van der Waals surface area contributed by atoms with E-state index in [1.807, 2.05) is 12.1 Å². The van der Waals surface area contributed by atoms with Gasteiger partial charge in [0, 0.05) is 31.6 Å². The molecule has 2 aromatic rings. The Balaban J connectivity index is 1.93. The van der Waals surface area contributed by atoms with Gasteiger partial charge in [0.1, 0.15) is 0 Å². The van der Waals surface area contributed by atoms with Gasteiger partial charge in [0.25, 0.3) is 0 Å². The quantitative estimate of drug-likeness (QED) is 0.321. The maximum atomic E-state index is 6.18. The van der Waals surface area contributed by atoms with Crippen LogP contribution in [0.5, 0.6) is 0 Å². The van der Waals surface area contributed by atoms with Crippen molar-refractivity contribution in [2.24, 2.45) is 0 Å². The number of halogens is 6. The van der Waals surface area contributed by atoms with Crippen molar-refractivity contribution in [3.8, 4) is 0 Å². The molecule has 2 rings (SSSR count). The summed E-state index contributed by atoms with van der Waals surface area (Å²) in [6.07, 6.45) is 0. The van der Waals surface area contributed by atoms with Crippen LogP contribution in [0.25, 0.3) is 0 Å². The average Bonchev–Trinajstić information content (AvgIpc) is 2.63. The van der Waals surface area contributed by atoms with E-state index in [0.717, 1.165) is 11.1 Å². The second-order valence-corrected chi connectivity index (χ2v) is 9.09. The molecular weight excluding hydrogens is 509 g/mol. The van der Waals surface area contributed by atoms with Crippen LogP contribution >= 0.6 is 93.1 Å². The molecule has 0 saturated heterocycles. The summed E-state index contributed by atoms with van der Waals surface area (Å²) in [5.41, 5.74) is 4.54. The first-order valence-corrected chi connectivity index (χ1v) is 11.7. The second kappa shape index (κ2) is 12.0. The van der Waals surface area contributed by atoms with Crippen LogP contribution in [0.3, 0.4) is 0 Å². The predicted molar refractivity (Wildman–Crippen MR) is 124 cm³/mol. The van der Waals surface area contributed by atoms with Crippen LogP contribution in [0.4, 0.5) is 0 Å². The van der Waals surface area contributed by atoms with E-state index in [4.69, 9.17) is 74.3 Å². The van der Waals surface area contributed by atoms with Gasteiger partial charge in [0.15, 0.2) is 10.2 Å². The van der Waals surface area contributed by atoms with Crippen LogP contribution in [0.15, 0.2) is 57.7 Å². The van der Waals surface area contributed by atoms with Gasteiger partial charge in [-0.3, -0.25) is 0 Å². The van der Waals surface area contributed by atoms with Gasteiger partial charge >= 0.3 is 0 Å². The van der Waals surface area contributed by atoms with Crippen LogP contribution < -0.4 is 0 Å². The highest BCUT2D eigenvalue weighted by atomic mass is 35.5. The monoisotopic (exact) mass is 518 g/mol. The van der Waals surface area contributed by atoms with E-state index in [2.05, 4.69) is 0 Å². The Morgan fingerprint density at radius 2 is 1.15 bits per heavy atom. The summed E-state index contributed by atoms with van der Waals surface area (Å²) in [5, 5.41) is 3.33. The van der Waals surface area contributed by atoms with E-state index in [1.54, 1.807) is 24.3 Å². The van der Waals surface area contributed by atoms with Crippen molar-refractivity contribution >= 4 is 93.1 Å². The summed E-state index contributed by atoms with van der Waals surface area (Å²) >= 11 is 38.7. The summed E-state index contributed by atoms with van der Waals surface area (Å²) in [7, 11) is 0. The molecule has 0 unspecified atom stereocenters. The third-order valence-electron chi connectivity index (χ3n) is 3.15. The molecule has 0 radical (unpaired) electrons. The molecule has 2 aromatic carbocycles. The van der Waals surface area contributed by atoms with Gasteiger partial charge in [-0.15, -0.1) is 0 Å². The van der Waals surface area contributed by atoms with Crippen molar-refractivity contribution in [1.29, 1.82) is 0 Å². The maximum absolute atomic E-state index is 6.18. The highest BCUT2D eigenvalue weighted by Gasteiger charge is 2.10. The molecule has 0 saturated carbocycles. The Morgan fingerprint density at radius 1 is 0.741 bits per heavy atom. The zero-order valence-electron chi connectivity index (χ0n) is 13.5. The fourth-order valence-corrected chi connectivity index (χ4v) is 4.99. The van der Waals surface area contributed by atoms with Crippen LogP contribution in [0.1, 0.15) is 11.1 Å². The number of hydrogen-bond donors (Lipinski definition) is 0. The summed E-state index contributed by atoms with van der Waals surface area (Å²) in [6.45, 7) is 0. The summed E-state index contributed by atoms with van der Waals surface area (Å²) < 4.78 is 5.77. The van der Waals surface area contributed by atoms with Gasteiger partial charge in [0.2, 0.25) is 0 Å². The zero-order chi connectivity index (χ0) is 19.8. The lowest BCUT2D eigenvalue weighted by Crippen LogP contribution is -1.91. The van der Waals surface area contributed by atoms with Crippen molar-refractivity contribution in [3.05, 3.63) is 88.9 Å². The number of benzene rings is 2. The molecule has 0 bridgehead atoms. The Kier molecular flexibility index (Phi) is 10.4. The fraction of sp³-hybridized carbons (Fsp3) is 0.111. The first kappa shape index (κ1) is 23.4. The van der Waals surface area contributed by atoms with E-state index < -0.39 is 0 Å². The van der Waals surface area contributed by atoms with Crippen molar-refractivity contribution in [3.63, 3.8) is 0 Å². The third kappa shape index (κ3) is 7.83. The SMILES string of the molecule is ClC=C(OC(=CCl)SCc1ccc(Cl)cc1Cl)SCc1ccc(Cl)cc1Cl. The standard InChI is InChI=1S/C18H12Cl6OS2/c19-7-17(26-9-11-1-3-13(21)5-15(11)23)25-18(8-20)27-10-12-2-4-14(22)6-16(12)24/h1-8H,9-10H2. The molecule has 27 heavy (non-hydrogen) atoms. The number of ether oxygens (including phenoxy) is 1.